The molecule has 9 nitrogen and oxygen atoms in total. The van der Waals surface area contributed by atoms with Crippen molar-refractivity contribution in [3.8, 4) is 11.5 Å². The molecule has 0 aliphatic carbocycles. The number of benzene rings is 4. The summed E-state index contributed by atoms with van der Waals surface area (Å²) in [6, 6.07) is 15.4. The molecular formula is C27H22Cl2N3NaO6S. The van der Waals surface area contributed by atoms with Crippen molar-refractivity contribution in [2.24, 2.45) is 10.2 Å². The van der Waals surface area contributed by atoms with E-state index in [0.29, 0.717) is 45.8 Å². The van der Waals surface area contributed by atoms with Gasteiger partial charge in [-0.2, -0.15) is 13.5 Å². The molecule has 40 heavy (non-hydrogen) atoms. The number of ether oxygens (including phenoxy) is 1. The number of carbonyl (C=O) groups is 1. The standard InChI is InChI=1S/C27H23Cl2N3O6S.Na/c1-3-15-9-12-22(39(35,36)37)25(23(15)29)32-31-24-18-8-6-5-7-16(18)13-19(26(24)33)27(34)30-17-10-11-20(28)21(14-17)38-4-2;/h5-14,33H,3-4H2,1-2H3,(H,30,34)(H,35,36,37);/q;+1/p-1. The average molecular weight is 610 g/mol. The third-order valence-electron chi connectivity index (χ3n) is 5.78. The maximum Gasteiger partial charge on any atom is 1.00 e. The molecule has 13 heteroatoms. The van der Waals surface area contributed by atoms with Crippen LogP contribution < -0.4 is 44.7 Å². The van der Waals surface area contributed by atoms with Crippen molar-refractivity contribution in [2.45, 2.75) is 25.2 Å². The summed E-state index contributed by atoms with van der Waals surface area (Å²) in [4.78, 5) is 12.6. The van der Waals surface area contributed by atoms with Gasteiger partial charge >= 0.3 is 29.6 Å². The molecule has 4 aromatic rings. The first-order valence-electron chi connectivity index (χ1n) is 11.7. The smallest absolute Gasteiger partial charge is 0.870 e. The van der Waals surface area contributed by atoms with E-state index in [9.17, 15) is 22.9 Å². The fourth-order valence-electron chi connectivity index (χ4n) is 3.89. The number of hydrogen-bond donors (Lipinski definition) is 2. The van der Waals surface area contributed by atoms with Crippen LogP contribution in [0.25, 0.3) is 10.8 Å². The molecule has 0 unspecified atom stereocenters. The van der Waals surface area contributed by atoms with Gasteiger partial charge in [-0.15, -0.1) is 5.11 Å². The van der Waals surface area contributed by atoms with Crippen LogP contribution in [0.5, 0.6) is 11.5 Å². The normalized spacial score (nSPS) is 11.4. The number of amides is 1. The Balaban J connectivity index is 0.00000441. The zero-order chi connectivity index (χ0) is 28.3. The van der Waals surface area contributed by atoms with Gasteiger partial charge < -0.3 is 15.2 Å². The van der Waals surface area contributed by atoms with Gasteiger partial charge in [-0.1, -0.05) is 66.2 Å². The Labute approximate surface area is 263 Å². The van der Waals surface area contributed by atoms with Crippen LogP contribution in [0.3, 0.4) is 0 Å². The molecule has 4 rings (SSSR count). The first kappa shape index (κ1) is 31.8. The molecule has 0 heterocycles. The zero-order valence-corrected chi connectivity index (χ0v) is 26.1. The van der Waals surface area contributed by atoms with Gasteiger partial charge in [-0.3, -0.25) is 9.35 Å². The Hall–Kier alpha value is -2.70. The predicted molar refractivity (Wildman–Crippen MR) is 149 cm³/mol. The summed E-state index contributed by atoms with van der Waals surface area (Å²) in [5.41, 5.74) is 0.168. The number of azo groups is 1. The monoisotopic (exact) mass is 609 g/mol. The summed E-state index contributed by atoms with van der Waals surface area (Å²) < 4.78 is 39.1. The minimum Gasteiger partial charge on any atom is -0.870 e. The molecule has 0 aromatic heterocycles. The van der Waals surface area contributed by atoms with Crippen molar-refractivity contribution >= 4 is 67.1 Å². The molecule has 0 radical (unpaired) electrons. The van der Waals surface area contributed by atoms with E-state index < -0.39 is 26.7 Å². The first-order chi connectivity index (χ1) is 18.5. The summed E-state index contributed by atoms with van der Waals surface area (Å²) in [7, 11) is -4.71. The summed E-state index contributed by atoms with van der Waals surface area (Å²) >= 11 is 12.5. The fraction of sp³-hybridized carbons (Fsp3) is 0.148. The van der Waals surface area contributed by atoms with Crippen LogP contribution in [0, 0.1) is 0 Å². The number of nitrogens with zero attached hydrogens (tertiary/aromatic N) is 2. The van der Waals surface area contributed by atoms with Crippen LogP contribution in [-0.4, -0.2) is 25.5 Å². The van der Waals surface area contributed by atoms with E-state index in [1.54, 1.807) is 50.2 Å². The molecule has 0 bridgehead atoms. The van der Waals surface area contributed by atoms with Crippen LogP contribution in [-0.2, 0) is 16.5 Å². The molecule has 0 saturated carbocycles. The van der Waals surface area contributed by atoms with Crippen LogP contribution in [0.2, 0.25) is 10.0 Å². The van der Waals surface area contributed by atoms with Crippen molar-refractivity contribution in [1.82, 2.24) is 0 Å². The molecule has 1 amide bonds. The third kappa shape index (κ3) is 6.77. The SMILES string of the molecule is CCOc1cc(NC(=O)c2cc3ccccc3c(N=Nc3c(S(=O)(=O)O)ccc(CC)c3Cl)c2[O-])ccc1Cl.[Na+]. The number of nitrogens with one attached hydrogen (secondary N) is 1. The van der Waals surface area contributed by atoms with Crippen molar-refractivity contribution in [3.63, 3.8) is 0 Å². The van der Waals surface area contributed by atoms with Crippen molar-refractivity contribution in [1.29, 1.82) is 0 Å². The molecule has 202 valence electrons. The average Bonchev–Trinajstić information content (AvgIpc) is 2.89. The zero-order valence-electron chi connectivity index (χ0n) is 21.7. The van der Waals surface area contributed by atoms with Crippen molar-refractivity contribution in [2.75, 3.05) is 11.9 Å². The maximum absolute atomic E-state index is 13.5. The predicted octanol–water partition coefficient (Wildman–Crippen LogP) is 4.10. The summed E-state index contributed by atoms with van der Waals surface area (Å²) in [5, 5.41) is 25.4. The van der Waals surface area contributed by atoms with Crippen molar-refractivity contribution < 1.29 is 57.2 Å². The molecule has 0 spiro atoms. The van der Waals surface area contributed by atoms with Crippen LogP contribution in [0.4, 0.5) is 17.1 Å². The van der Waals surface area contributed by atoms with Gasteiger partial charge in [-0.25, -0.2) is 0 Å². The van der Waals surface area contributed by atoms with Crippen molar-refractivity contribution in [3.05, 3.63) is 81.8 Å². The Morgan fingerprint density at radius 2 is 1.73 bits per heavy atom. The quantitative estimate of drug-likeness (QED) is 0.175. The van der Waals surface area contributed by atoms with Gasteiger partial charge in [0.25, 0.3) is 16.0 Å². The van der Waals surface area contributed by atoms with Gasteiger partial charge in [0.05, 0.1) is 22.3 Å². The van der Waals surface area contributed by atoms with Gasteiger partial charge in [-0.05, 0) is 48.6 Å². The molecule has 0 fully saturated rings. The molecular weight excluding hydrogens is 588 g/mol. The van der Waals surface area contributed by atoms with Crippen LogP contribution >= 0.6 is 23.2 Å². The second-order valence-electron chi connectivity index (χ2n) is 8.27. The van der Waals surface area contributed by atoms with Gasteiger partial charge in [0.2, 0.25) is 0 Å². The summed E-state index contributed by atoms with van der Waals surface area (Å²) in [6.45, 7) is 3.96. The van der Waals surface area contributed by atoms with Gasteiger partial charge in [0, 0.05) is 22.7 Å². The minimum atomic E-state index is -4.71. The fourth-order valence-corrected chi connectivity index (χ4v) is 5.08. The largest absolute Gasteiger partial charge is 1.00 e. The van der Waals surface area contributed by atoms with E-state index >= 15 is 0 Å². The van der Waals surface area contributed by atoms with E-state index in [1.165, 1.54) is 18.2 Å². The van der Waals surface area contributed by atoms with E-state index in [1.807, 2.05) is 0 Å². The topological polar surface area (TPSA) is 140 Å². The molecule has 2 N–H and O–H groups in total. The van der Waals surface area contributed by atoms with E-state index in [4.69, 9.17) is 27.9 Å². The molecule has 0 aliphatic rings. The number of halogens is 2. The van der Waals surface area contributed by atoms with E-state index in [0.717, 1.165) is 6.07 Å². The Kier molecular flexibility index (Phi) is 10.6. The molecule has 0 aliphatic heterocycles. The number of rotatable bonds is 8. The number of aryl methyl sites for hydroxylation is 1. The molecule has 0 saturated heterocycles. The van der Waals surface area contributed by atoms with E-state index in [2.05, 4.69) is 15.5 Å². The number of anilines is 1. The Morgan fingerprint density at radius 1 is 1.02 bits per heavy atom. The van der Waals surface area contributed by atoms with Crippen LogP contribution in [0.1, 0.15) is 29.8 Å². The number of hydrogen-bond acceptors (Lipinski definition) is 7. The maximum atomic E-state index is 13.5. The first-order valence-corrected chi connectivity index (χ1v) is 13.9. The summed E-state index contributed by atoms with van der Waals surface area (Å²) in [6.07, 6.45) is 0.453. The Morgan fingerprint density at radius 3 is 2.40 bits per heavy atom. The number of carbonyl (C=O) groups excluding carboxylic acids is 1. The second-order valence-corrected chi connectivity index (χ2v) is 10.4. The van der Waals surface area contributed by atoms with Gasteiger partial charge in [0.15, 0.2) is 0 Å². The third-order valence-corrected chi connectivity index (χ3v) is 7.40. The molecule has 0 atom stereocenters. The molecule has 4 aromatic carbocycles. The van der Waals surface area contributed by atoms with Crippen LogP contribution in [0.15, 0.2) is 75.8 Å². The Bertz CT molecular complexity index is 1730. The number of fused-ring (bicyclic) bond motifs is 1. The van der Waals surface area contributed by atoms with E-state index in [-0.39, 0.29) is 51.5 Å². The minimum absolute atomic E-state index is 0. The summed E-state index contributed by atoms with van der Waals surface area (Å²) in [5.74, 6) is -1.09. The second kappa shape index (κ2) is 13.3. The van der Waals surface area contributed by atoms with Gasteiger partial charge in [0.1, 0.15) is 16.3 Å².